The van der Waals surface area contributed by atoms with Crippen LogP contribution < -0.4 is 20.7 Å². The van der Waals surface area contributed by atoms with Gasteiger partial charge in [0.05, 0.1) is 18.2 Å². The zero-order valence-corrected chi connectivity index (χ0v) is 14.3. The number of pyridine rings is 1. The first-order valence-corrected chi connectivity index (χ1v) is 7.94. The molecule has 0 bridgehead atoms. The minimum Gasteiger partial charge on any atom is -0.472 e. The molecule has 1 atom stereocenters. The number of rotatable bonds is 6. The van der Waals surface area contributed by atoms with Crippen LogP contribution in [0.4, 0.5) is 4.79 Å². The van der Waals surface area contributed by atoms with E-state index in [9.17, 15) is 9.59 Å². The topological polar surface area (TPSA) is 131 Å². The molecule has 0 unspecified atom stereocenters. The van der Waals surface area contributed by atoms with Gasteiger partial charge in [0.2, 0.25) is 0 Å². The van der Waals surface area contributed by atoms with Crippen LogP contribution >= 0.6 is 0 Å². The lowest BCUT2D eigenvalue weighted by molar-refractivity contribution is -0.118. The van der Waals surface area contributed by atoms with Gasteiger partial charge in [-0.15, -0.1) is 0 Å². The normalized spacial score (nSPS) is 16.7. The van der Waals surface area contributed by atoms with Crippen LogP contribution in [0.5, 0.6) is 5.88 Å². The quantitative estimate of drug-likeness (QED) is 0.644. The molecule has 0 spiro atoms. The Labute approximate surface area is 149 Å². The highest BCUT2D eigenvalue weighted by atomic mass is 16.6. The van der Waals surface area contributed by atoms with Gasteiger partial charge < -0.3 is 20.7 Å². The van der Waals surface area contributed by atoms with Gasteiger partial charge in [0.15, 0.2) is 0 Å². The third kappa shape index (κ3) is 3.79. The Balaban J connectivity index is 1.66. The lowest BCUT2D eigenvalue weighted by Gasteiger charge is -2.28. The van der Waals surface area contributed by atoms with E-state index >= 15 is 0 Å². The summed E-state index contributed by atoms with van der Waals surface area (Å²) in [5.74, 6) is -0.0306. The predicted octanol–water partition coefficient (Wildman–Crippen LogP) is 0.596. The molecule has 2 aromatic heterocycles. The lowest BCUT2D eigenvalue weighted by Crippen LogP contribution is -2.47. The molecule has 1 aliphatic heterocycles. The molecule has 0 saturated heterocycles. The van der Waals surface area contributed by atoms with E-state index < -0.39 is 6.04 Å². The summed E-state index contributed by atoms with van der Waals surface area (Å²) >= 11 is 0. The van der Waals surface area contributed by atoms with E-state index in [1.54, 1.807) is 38.4 Å². The average molecular weight is 358 g/mol. The average Bonchev–Trinajstić information content (AvgIpc) is 3.03. The van der Waals surface area contributed by atoms with Crippen molar-refractivity contribution in [1.82, 2.24) is 31.2 Å². The molecule has 10 heteroatoms. The van der Waals surface area contributed by atoms with Gasteiger partial charge in [-0.05, 0) is 30.6 Å². The molecule has 0 fully saturated rings. The number of nitrogens with zero attached hydrogens (tertiary/aromatic N) is 3. The fourth-order valence-corrected chi connectivity index (χ4v) is 2.55. The van der Waals surface area contributed by atoms with Gasteiger partial charge in [0.25, 0.3) is 11.8 Å². The molecule has 0 radical (unpaired) electrons. The minimum atomic E-state index is -0.583. The Morgan fingerprint density at radius 2 is 2.23 bits per heavy atom. The second kappa shape index (κ2) is 7.64. The van der Waals surface area contributed by atoms with Crippen LogP contribution in [0.1, 0.15) is 24.2 Å². The van der Waals surface area contributed by atoms with E-state index in [0.29, 0.717) is 22.5 Å². The first-order chi connectivity index (χ1) is 12.6. The van der Waals surface area contributed by atoms with Crippen LogP contribution in [0.2, 0.25) is 0 Å². The van der Waals surface area contributed by atoms with Crippen LogP contribution in [0.15, 0.2) is 40.4 Å². The van der Waals surface area contributed by atoms with Crippen LogP contribution in [0.3, 0.4) is 0 Å². The van der Waals surface area contributed by atoms with Crippen LogP contribution in [0, 0.1) is 6.92 Å². The number of ether oxygens (including phenoxy) is 1. The number of amides is 3. The molecule has 0 saturated carbocycles. The van der Waals surface area contributed by atoms with Crippen molar-refractivity contribution in [3.05, 3.63) is 47.1 Å². The maximum absolute atomic E-state index is 12.6. The van der Waals surface area contributed by atoms with Crippen molar-refractivity contribution in [1.29, 1.82) is 0 Å². The first kappa shape index (κ1) is 17.4. The monoisotopic (exact) mass is 358 g/mol. The molecule has 3 N–H and O–H groups in total. The number of hydrogen-bond acceptors (Lipinski definition) is 7. The number of carbonyl (C=O) groups is 2. The molecule has 1 aliphatic rings. The first-order valence-electron chi connectivity index (χ1n) is 7.94. The van der Waals surface area contributed by atoms with E-state index in [0.717, 1.165) is 0 Å². The third-order valence-electron chi connectivity index (χ3n) is 3.77. The van der Waals surface area contributed by atoms with E-state index in [1.165, 1.54) is 0 Å². The summed E-state index contributed by atoms with van der Waals surface area (Å²) in [5, 5.41) is 15.3. The molecule has 136 valence electrons. The van der Waals surface area contributed by atoms with Gasteiger partial charge in [-0.3, -0.25) is 9.78 Å². The van der Waals surface area contributed by atoms with Crippen molar-refractivity contribution >= 4 is 11.9 Å². The van der Waals surface area contributed by atoms with Gasteiger partial charge in [0, 0.05) is 18.1 Å². The zero-order valence-electron chi connectivity index (χ0n) is 14.3. The van der Waals surface area contributed by atoms with Crippen LogP contribution in [-0.2, 0) is 4.79 Å². The number of nitrogens with one attached hydrogen (secondary N) is 3. The summed E-state index contributed by atoms with van der Waals surface area (Å²) in [5.41, 5.74) is 2.15. The number of hydrogen-bond donors (Lipinski definition) is 3. The summed E-state index contributed by atoms with van der Waals surface area (Å²) in [6, 6.07) is 2.59. The lowest BCUT2D eigenvalue weighted by atomic mass is 9.96. The predicted molar refractivity (Wildman–Crippen MR) is 88.9 cm³/mol. The molecule has 3 heterocycles. The number of carbonyl (C=O) groups excluding carboxylic acids is 2. The molecular formula is C16H18N6O4. The number of aromatic nitrogens is 3. The van der Waals surface area contributed by atoms with E-state index in [1.807, 2.05) is 0 Å². The van der Waals surface area contributed by atoms with Gasteiger partial charge >= 0.3 is 6.03 Å². The summed E-state index contributed by atoms with van der Waals surface area (Å²) in [7, 11) is 0. The van der Waals surface area contributed by atoms with Crippen molar-refractivity contribution in [2.75, 3.05) is 13.2 Å². The van der Waals surface area contributed by atoms with E-state index in [2.05, 4.69) is 35.9 Å². The summed E-state index contributed by atoms with van der Waals surface area (Å²) in [4.78, 5) is 28.5. The Bertz CT molecular complexity index is 832. The highest BCUT2D eigenvalue weighted by molar-refractivity contribution is 5.98. The molecule has 2 aromatic rings. The Morgan fingerprint density at radius 1 is 1.38 bits per heavy atom. The van der Waals surface area contributed by atoms with Gasteiger partial charge in [-0.2, -0.15) is 0 Å². The van der Waals surface area contributed by atoms with Gasteiger partial charge in [-0.1, -0.05) is 11.2 Å². The van der Waals surface area contributed by atoms with Crippen molar-refractivity contribution in [2.45, 2.75) is 19.9 Å². The molecule has 26 heavy (non-hydrogen) atoms. The van der Waals surface area contributed by atoms with Gasteiger partial charge in [0.1, 0.15) is 12.3 Å². The van der Waals surface area contributed by atoms with E-state index in [4.69, 9.17) is 4.74 Å². The van der Waals surface area contributed by atoms with Crippen LogP contribution in [-0.4, -0.2) is 40.4 Å². The minimum absolute atomic E-state index is 0.199. The maximum atomic E-state index is 12.6. The molecule has 0 aromatic carbocycles. The fourth-order valence-electron chi connectivity index (χ4n) is 2.55. The third-order valence-corrected chi connectivity index (χ3v) is 3.77. The second-order valence-corrected chi connectivity index (χ2v) is 5.62. The Hall–Kier alpha value is -3.43. The standard InChI is InChI=1S/C16H18N6O4/c1-9-12(13(20-16(24)19-9)11-4-3-5-17-8-11)14(23)18-6-7-25-15-10(2)21-26-22-15/h3-5,8,13H,6-7H2,1-2H3,(H,18,23)(H2,19,20,24)/t13-/m1/s1. The molecular weight excluding hydrogens is 340 g/mol. The Morgan fingerprint density at radius 3 is 2.92 bits per heavy atom. The van der Waals surface area contributed by atoms with Crippen molar-refractivity contribution in [3.63, 3.8) is 0 Å². The number of allylic oxidation sites excluding steroid dienone is 1. The zero-order chi connectivity index (χ0) is 18.5. The second-order valence-electron chi connectivity index (χ2n) is 5.62. The van der Waals surface area contributed by atoms with Crippen molar-refractivity contribution in [3.8, 4) is 5.88 Å². The number of urea groups is 1. The maximum Gasteiger partial charge on any atom is 0.319 e. The highest BCUT2D eigenvalue weighted by Crippen LogP contribution is 2.25. The molecule has 0 aliphatic carbocycles. The molecule has 3 rings (SSSR count). The Kier molecular flexibility index (Phi) is 5.11. The van der Waals surface area contributed by atoms with Crippen LogP contribution in [0.25, 0.3) is 0 Å². The smallest absolute Gasteiger partial charge is 0.319 e. The molecule has 3 amide bonds. The molecule has 10 nitrogen and oxygen atoms in total. The summed E-state index contributed by atoms with van der Waals surface area (Å²) < 4.78 is 9.91. The number of aryl methyl sites for hydroxylation is 1. The highest BCUT2D eigenvalue weighted by Gasteiger charge is 2.31. The van der Waals surface area contributed by atoms with Crippen molar-refractivity contribution in [2.24, 2.45) is 0 Å². The summed E-state index contributed by atoms with van der Waals surface area (Å²) in [6.07, 6.45) is 3.24. The van der Waals surface area contributed by atoms with Crippen molar-refractivity contribution < 1.29 is 19.0 Å². The summed E-state index contributed by atoms with van der Waals surface area (Å²) in [6.45, 7) is 3.82. The largest absolute Gasteiger partial charge is 0.472 e. The fraction of sp³-hybridized carbons (Fsp3) is 0.312. The SMILES string of the molecule is CC1=C(C(=O)NCCOc2nonc2C)[C@@H](c2cccnc2)NC(=O)N1. The van der Waals surface area contributed by atoms with E-state index in [-0.39, 0.29) is 31.0 Å². The van der Waals surface area contributed by atoms with Gasteiger partial charge in [-0.25, -0.2) is 9.42 Å².